The number of benzene rings is 3. The van der Waals surface area contributed by atoms with Crippen molar-refractivity contribution in [1.29, 1.82) is 0 Å². The van der Waals surface area contributed by atoms with Crippen molar-refractivity contribution in [2.24, 2.45) is 7.05 Å². The summed E-state index contributed by atoms with van der Waals surface area (Å²) >= 11 is 12.4. The molecule has 0 aliphatic rings. The van der Waals surface area contributed by atoms with Crippen LogP contribution >= 0.6 is 23.2 Å². The number of carbonyl (C=O) groups excluding carboxylic acids is 2. The quantitative estimate of drug-likeness (QED) is 0.256. The van der Waals surface area contributed by atoms with Gasteiger partial charge in [-0.25, -0.2) is 4.79 Å². The monoisotopic (exact) mass is 573 g/mol. The first-order valence-electron chi connectivity index (χ1n) is 12.5. The van der Waals surface area contributed by atoms with Crippen LogP contribution in [0, 0.1) is 6.92 Å². The van der Waals surface area contributed by atoms with Crippen molar-refractivity contribution in [3.8, 4) is 11.1 Å². The lowest BCUT2D eigenvalue weighted by molar-refractivity contribution is -0.142. The molecule has 0 aliphatic carbocycles. The van der Waals surface area contributed by atoms with Crippen molar-refractivity contribution < 1.29 is 14.3 Å². The summed E-state index contributed by atoms with van der Waals surface area (Å²) in [5, 5.41) is 4.76. The van der Waals surface area contributed by atoms with Crippen molar-refractivity contribution in [3.63, 3.8) is 0 Å². The Kier molecular flexibility index (Phi) is 7.61. The van der Waals surface area contributed by atoms with Crippen LogP contribution < -0.4 is 10.9 Å². The molecule has 2 aromatic heterocycles. The zero-order valence-corrected chi connectivity index (χ0v) is 23.5. The van der Waals surface area contributed by atoms with Crippen LogP contribution in [-0.4, -0.2) is 34.6 Å². The Morgan fingerprint density at radius 1 is 0.975 bits per heavy atom. The average Bonchev–Trinajstić information content (AvgIpc) is 2.96. The molecule has 202 valence electrons. The van der Waals surface area contributed by atoms with Gasteiger partial charge in [0.25, 0.3) is 11.5 Å². The van der Waals surface area contributed by atoms with Gasteiger partial charge in [-0.3, -0.25) is 14.6 Å². The number of esters is 1. The lowest BCUT2D eigenvalue weighted by atomic mass is 9.92. The number of carbonyl (C=O) groups is 2. The van der Waals surface area contributed by atoms with Crippen LogP contribution in [-0.2, 0) is 23.0 Å². The van der Waals surface area contributed by atoms with Gasteiger partial charge >= 0.3 is 5.97 Å². The van der Waals surface area contributed by atoms with E-state index in [9.17, 15) is 14.4 Å². The molecule has 1 amide bonds. The molecule has 5 aromatic rings. The SMILES string of the molecule is COC(=O)[C@H](Cc1ccc(-c2c(C)c3ccccc3n(C)c2=O)c2cccnc12)NC(=O)c1c(Cl)cccc1Cl. The van der Waals surface area contributed by atoms with Gasteiger partial charge in [0, 0.05) is 30.4 Å². The number of fused-ring (bicyclic) bond motifs is 2. The third kappa shape index (κ3) is 4.83. The highest BCUT2D eigenvalue weighted by Gasteiger charge is 2.26. The second-order valence-electron chi connectivity index (χ2n) is 9.40. The van der Waals surface area contributed by atoms with E-state index in [4.69, 9.17) is 27.9 Å². The summed E-state index contributed by atoms with van der Waals surface area (Å²) in [6, 6.07) is 18.8. The van der Waals surface area contributed by atoms with E-state index in [1.165, 1.54) is 7.11 Å². The first-order valence-corrected chi connectivity index (χ1v) is 13.3. The van der Waals surface area contributed by atoms with Crippen molar-refractivity contribution in [1.82, 2.24) is 14.9 Å². The van der Waals surface area contributed by atoms with E-state index < -0.39 is 17.9 Å². The second-order valence-corrected chi connectivity index (χ2v) is 10.2. The molecule has 40 heavy (non-hydrogen) atoms. The van der Waals surface area contributed by atoms with Crippen LogP contribution in [0.2, 0.25) is 10.0 Å². The highest BCUT2D eigenvalue weighted by atomic mass is 35.5. The summed E-state index contributed by atoms with van der Waals surface area (Å²) in [5.74, 6) is -1.24. The molecule has 9 heteroatoms. The number of pyridine rings is 2. The predicted octanol–water partition coefficient (Wildman–Crippen LogP) is 5.88. The van der Waals surface area contributed by atoms with Crippen LogP contribution in [0.1, 0.15) is 21.5 Å². The smallest absolute Gasteiger partial charge is 0.328 e. The number of para-hydroxylation sites is 1. The normalized spacial score (nSPS) is 11.9. The van der Waals surface area contributed by atoms with E-state index in [0.29, 0.717) is 16.6 Å². The molecule has 5 rings (SSSR count). The van der Waals surface area contributed by atoms with Gasteiger partial charge in [-0.2, -0.15) is 0 Å². The van der Waals surface area contributed by atoms with Crippen LogP contribution in [0.3, 0.4) is 0 Å². The molecule has 0 unspecified atom stereocenters. The van der Waals surface area contributed by atoms with Crippen molar-refractivity contribution in [3.05, 3.63) is 110 Å². The van der Waals surface area contributed by atoms with Crippen molar-refractivity contribution in [2.75, 3.05) is 7.11 Å². The Bertz CT molecular complexity index is 1850. The first kappa shape index (κ1) is 27.4. The molecule has 3 aromatic carbocycles. The van der Waals surface area contributed by atoms with Crippen LogP contribution in [0.25, 0.3) is 32.9 Å². The molecule has 0 radical (unpaired) electrons. The molecule has 0 spiro atoms. The Morgan fingerprint density at radius 2 is 1.68 bits per heavy atom. The van der Waals surface area contributed by atoms with Gasteiger partial charge in [-0.05, 0) is 47.9 Å². The van der Waals surface area contributed by atoms with Gasteiger partial charge in [0.2, 0.25) is 0 Å². The van der Waals surface area contributed by atoms with Gasteiger partial charge in [-0.1, -0.05) is 65.7 Å². The number of amides is 1. The zero-order valence-electron chi connectivity index (χ0n) is 22.0. The summed E-state index contributed by atoms with van der Waals surface area (Å²) in [4.78, 5) is 44.0. The molecule has 0 aliphatic heterocycles. The second kappa shape index (κ2) is 11.1. The Labute approximate surface area is 240 Å². The summed E-state index contributed by atoms with van der Waals surface area (Å²) in [6.45, 7) is 1.94. The topological polar surface area (TPSA) is 90.3 Å². The molecular weight excluding hydrogens is 549 g/mol. The maximum atomic E-state index is 13.6. The minimum absolute atomic E-state index is 0.0701. The Balaban J connectivity index is 1.60. The van der Waals surface area contributed by atoms with E-state index in [2.05, 4.69) is 10.3 Å². The number of aromatic nitrogens is 2. The molecular formula is C31H25Cl2N3O4. The zero-order chi connectivity index (χ0) is 28.6. The maximum Gasteiger partial charge on any atom is 0.328 e. The molecule has 2 heterocycles. The van der Waals surface area contributed by atoms with Gasteiger partial charge in [0.1, 0.15) is 6.04 Å². The number of hydrogen-bond donors (Lipinski definition) is 1. The number of nitrogens with zero attached hydrogens (tertiary/aromatic N) is 2. The molecule has 0 saturated carbocycles. The van der Waals surface area contributed by atoms with E-state index in [-0.39, 0.29) is 27.6 Å². The highest BCUT2D eigenvalue weighted by molar-refractivity contribution is 6.39. The van der Waals surface area contributed by atoms with Gasteiger partial charge in [0.05, 0.1) is 39.3 Å². The van der Waals surface area contributed by atoms with E-state index in [0.717, 1.165) is 27.4 Å². The molecule has 1 N–H and O–H groups in total. The fourth-order valence-electron chi connectivity index (χ4n) is 5.09. The molecule has 7 nitrogen and oxygen atoms in total. The van der Waals surface area contributed by atoms with Gasteiger partial charge in [0.15, 0.2) is 0 Å². The molecule has 0 bridgehead atoms. The van der Waals surface area contributed by atoms with Gasteiger partial charge < -0.3 is 14.6 Å². The summed E-state index contributed by atoms with van der Waals surface area (Å²) < 4.78 is 6.64. The fourth-order valence-corrected chi connectivity index (χ4v) is 5.66. The number of rotatable bonds is 6. The van der Waals surface area contributed by atoms with Crippen LogP contribution in [0.15, 0.2) is 77.7 Å². The lowest BCUT2D eigenvalue weighted by Crippen LogP contribution is -2.43. The average molecular weight is 574 g/mol. The van der Waals surface area contributed by atoms with Crippen molar-refractivity contribution >= 4 is 56.9 Å². The largest absolute Gasteiger partial charge is 0.467 e. The maximum absolute atomic E-state index is 13.6. The van der Waals surface area contributed by atoms with Crippen LogP contribution in [0.4, 0.5) is 0 Å². The lowest BCUT2D eigenvalue weighted by Gasteiger charge is -2.19. The van der Waals surface area contributed by atoms with E-state index in [1.54, 1.807) is 42.1 Å². The van der Waals surface area contributed by atoms with Crippen molar-refractivity contribution in [2.45, 2.75) is 19.4 Å². The number of aryl methyl sites for hydroxylation is 2. The number of hydrogen-bond acceptors (Lipinski definition) is 5. The standard InChI is InChI=1S/C31H25Cl2N3O4/c1-17-19-8-4-5-12-25(19)36(2)30(38)26(17)20-14-13-18(28-21(20)9-7-15-34-28)16-24(31(39)40-3)35-29(37)27-22(32)10-6-11-23(27)33/h4-15,24H,16H2,1-3H3,(H,35,37)/t24-/m0/s1. The summed E-state index contributed by atoms with van der Waals surface area (Å²) in [6.07, 6.45) is 1.74. The minimum atomic E-state index is -1.05. The Morgan fingerprint density at radius 3 is 2.40 bits per heavy atom. The summed E-state index contributed by atoms with van der Waals surface area (Å²) in [5.41, 5.74) is 4.28. The molecule has 0 fully saturated rings. The predicted molar refractivity (Wildman–Crippen MR) is 158 cm³/mol. The number of methoxy groups -OCH3 is 1. The molecule has 1 atom stereocenters. The minimum Gasteiger partial charge on any atom is -0.467 e. The molecule has 0 saturated heterocycles. The summed E-state index contributed by atoms with van der Waals surface area (Å²) in [7, 11) is 3.01. The third-order valence-electron chi connectivity index (χ3n) is 7.09. The van der Waals surface area contributed by atoms with Gasteiger partial charge in [-0.15, -0.1) is 0 Å². The number of nitrogens with one attached hydrogen (secondary N) is 1. The first-order chi connectivity index (χ1) is 19.2. The van der Waals surface area contributed by atoms with E-state index >= 15 is 0 Å². The fraction of sp³-hybridized carbons (Fsp3) is 0.161. The number of halogens is 2. The Hall–Kier alpha value is -4.20. The third-order valence-corrected chi connectivity index (χ3v) is 7.72. The number of ether oxygens (including phenoxy) is 1. The highest BCUT2D eigenvalue weighted by Crippen LogP contribution is 2.33. The van der Waals surface area contributed by atoms with Crippen LogP contribution in [0.5, 0.6) is 0 Å². The van der Waals surface area contributed by atoms with E-state index in [1.807, 2.05) is 49.4 Å².